The number of carbonyl (C=O) groups is 1. The first-order valence-corrected chi connectivity index (χ1v) is 11.3. The van der Waals surface area contributed by atoms with E-state index < -0.39 is 12.6 Å². The number of nitrogens with one attached hydrogen (secondary N) is 2. The molecule has 0 saturated carbocycles. The van der Waals surface area contributed by atoms with Crippen molar-refractivity contribution in [2.24, 2.45) is 0 Å². The number of oxazole rings is 1. The number of hydrogen-bond acceptors (Lipinski definition) is 6. The molecule has 5 rings (SSSR count). The van der Waals surface area contributed by atoms with Gasteiger partial charge in [0.25, 0.3) is 0 Å². The third-order valence-corrected chi connectivity index (χ3v) is 6.52. The molecule has 180 valence electrons. The quantitative estimate of drug-likeness (QED) is 0.558. The van der Waals surface area contributed by atoms with Gasteiger partial charge in [-0.2, -0.15) is 13.2 Å². The average molecular weight is 474 g/mol. The third kappa shape index (κ3) is 4.84. The monoisotopic (exact) mass is 474 g/mol. The van der Waals surface area contributed by atoms with Gasteiger partial charge in [0.05, 0.1) is 24.3 Å². The van der Waals surface area contributed by atoms with Crippen molar-refractivity contribution in [3.05, 3.63) is 36.6 Å². The van der Waals surface area contributed by atoms with Crippen LogP contribution in [0.4, 0.5) is 23.8 Å². The average Bonchev–Trinajstić information content (AvgIpc) is 3.33. The molecule has 11 heteroatoms. The van der Waals surface area contributed by atoms with E-state index in [9.17, 15) is 18.0 Å². The van der Waals surface area contributed by atoms with E-state index in [2.05, 4.69) is 25.6 Å². The van der Waals surface area contributed by atoms with Crippen LogP contribution in [0.1, 0.15) is 38.0 Å². The minimum atomic E-state index is -4.16. The lowest BCUT2D eigenvalue weighted by molar-refractivity contribution is -0.133. The van der Waals surface area contributed by atoms with E-state index in [-0.39, 0.29) is 30.7 Å². The van der Waals surface area contributed by atoms with Crippen molar-refractivity contribution in [3.63, 3.8) is 0 Å². The lowest BCUT2D eigenvalue weighted by atomic mass is 9.97. The van der Waals surface area contributed by atoms with Crippen molar-refractivity contribution in [3.8, 4) is 11.3 Å². The molecule has 3 atom stereocenters. The Hall–Kier alpha value is -3.21. The Labute approximate surface area is 194 Å². The first-order chi connectivity index (χ1) is 16.2. The topological polar surface area (TPSA) is 96.2 Å². The normalized spacial score (nSPS) is 22.4. The highest BCUT2D eigenvalue weighted by molar-refractivity contribution is 5.92. The zero-order valence-corrected chi connectivity index (χ0v) is 18.6. The van der Waals surface area contributed by atoms with Crippen molar-refractivity contribution < 1.29 is 22.4 Å². The van der Waals surface area contributed by atoms with Gasteiger partial charge in [-0.05, 0) is 37.8 Å². The zero-order chi connectivity index (χ0) is 23.9. The summed E-state index contributed by atoms with van der Waals surface area (Å²) in [6.07, 6.45) is 2.92. The molecule has 2 aliphatic rings. The number of nitrogens with zero attached hydrogens (tertiary/aromatic N) is 4. The van der Waals surface area contributed by atoms with E-state index in [0.29, 0.717) is 35.8 Å². The molecule has 34 heavy (non-hydrogen) atoms. The molecule has 5 heterocycles. The summed E-state index contributed by atoms with van der Waals surface area (Å²) in [4.78, 5) is 27.7. The van der Waals surface area contributed by atoms with Crippen molar-refractivity contribution in [1.82, 2.24) is 25.2 Å². The SMILES string of the molecule is Cc1ncc(-c2cnc3cnc(NC(=O)N4[C@@H]5CC[C@H]4CC(NCCC(F)(F)F)C5)cc3c2)o1. The van der Waals surface area contributed by atoms with Gasteiger partial charge in [0.1, 0.15) is 5.82 Å². The van der Waals surface area contributed by atoms with Crippen molar-refractivity contribution in [1.29, 1.82) is 0 Å². The largest absolute Gasteiger partial charge is 0.441 e. The van der Waals surface area contributed by atoms with Gasteiger partial charge >= 0.3 is 12.2 Å². The van der Waals surface area contributed by atoms with Crippen LogP contribution in [-0.4, -0.2) is 56.7 Å². The molecule has 2 N–H and O–H groups in total. The molecular weight excluding hydrogens is 449 g/mol. The van der Waals surface area contributed by atoms with Gasteiger partial charge in [-0.3, -0.25) is 10.3 Å². The number of piperidine rings is 1. The molecule has 2 bridgehead atoms. The highest BCUT2D eigenvalue weighted by Crippen LogP contribution is 2.36. The standard InChI is InChI=1S/C23H25F3N6O2/c1-13-28-12-20(34-13)15-6-14-7-21(30-11-19(14)29-10-15)31-22(33)32-17-2-3-18(32)9-16(8-17)27-5-4-23(24,25)26/h6-7,10-12,16-18,27H,2-5,8-9H2,1H3,(H,30,31,33)/t16?,17-,18+. The van der Waals surface area contributed by atoms with Crippen LogP contribution >= 0.6 is 0 Å². The lowest BCUT2D eigenvalue weighted by Crippen LogP contribution is -2.53. The summed E-state index contributed by atoms with van der Waals surface area (Å²) in [5.74, 6) is 1.58. The number of pyridine rings is 2. The Bertz CT molecular complexity index is 1180. The minimum Gasteiger partial charge on any atom is -0.441 e. The van der Waals surface area contributed by atoms with Crippen LogP contribution < -0.4 is 10.6 Å². The van der Waals surface area contributed by atoms with Crippen molar-refractivity contribution in [2.45, 2.75) is 63.3 Å². The highest BCUT2D eigenvalue weighted by Gasteiger charge is 2.43. The second-order valence-corrected chi connectivity index (χ2v) is 8.94. The first-order valence-electron chi connectivity index (χ1n) is 11.3. The molecule has 8 nitrogen and oxygen atoms in total. The second kappa shape index (κ2) is 8.86. The van der Waals surface area contributed by atoms with E-state index in [1.54, 1.807) is 31.6 Å². The summed E-state index contributed by atoms with van der Waals surface area (Å²) in [6.45, 7) is 1.68. The number of carbonyl (C=O) groups excluding carboxylic acids is 1. The molecular formula is C23H25F3N6O2. The van der Waals surface area contributed by atoms with Gasteiger partial charge in [0.2, 0.25) is 0 Å². The molecule has 2 aliphatic heterocycles. The van der Waals surface area contributed by atoms with Gasteiger partial charge in [-0.25, -0.2) is 14.8 Å². The maximum atomic E-state index is 13.1. The fraction of sp³-hybridized carbons (Fsp3) is 0.478. The molecule has 1 unspecified atom stereocenters. The summed E-state index contributed by atoms with van der Waals surface area (Å²) in [7, 11) is 0. The van der Waals surface area contributed by atoms with Crippen LogP contribution in [0.25, 0.3) is 22.2 Å². The van der Waals surface area contributed by atoms with E-state index in [0.717, 1.165) is 23.8 Å². The Morgan fingerprint density at radius 3 is 2.56 bits per heavy atom. The second-order valence-electron chi connectivity index (χ2n) is 8.94. The Kier molecular flexibility index (Phi) is 5.88. The van der Waals surface area contributed by atoms with E-state index in [4.69, 9.17) is 4.42 Å². The van der Waals surface area contributed by atoms with E-state index >= 15 is 0 Å². The van der Waals surface area contributed by atoms with Gasteiger partial charge in [0, 0.05) is 48.7 Å². The van der Waals surface area contributed by atoms with Crippen LogP contribution in [0.5, 0.6) is 0 Å². The molecule has 2 amide bonds. The van der Waals surface area contributed by atoms with Crippen molar-refractivity contribution >= 4 is 22.8 Å². The number of alkyl halides is 3. The number of anilines is 1. The molecule has 0 radical (unpaired) electrons. The number of amides is 2. The van der Waals surface area contributed by atoms with Crippen molar-refractivity contribution in [2.75, 3.05) is 11.9 Å². The number of aryl methyl sites for hydroxylation is 1. The Morgan fingerprint density at radius 2 is 1.88 bits per heavy atom. The maximum absolute atomic E-state index is 13.1. The van der Waals surface area contributed by atoms with Crippen LogP contribution in [0, 0.1) is 6.92 Å². The molecule has 3 aromatic heterocycles. The minimum absolute atomic E-state index is 0.00514. The maximum Gasteiger partial charge on any atom is 0.390 e. The smallest absolute Gasteiger partial charge is 0.390 e. The van der Waals surface area contributed by atoms with Crippen LogP contribution in [0.2, 0.25) is 0 Å². The Balaban J connectivity index is 1.25. The molecule has 0 spiro atoms. The molecule has 0 aliphatic carbocycles. The lowest BCUT2D eigenvalue weighted by Gasteiger charge is -2.39. The van der Waals surface area contributed by atoms with E-state index in [1.165, 1.54) is 0 Å². The van der Waals surface area contributed by atoms with Crippen LogP contribution in [0.3, 0.4) is 0 Å². The van der Waals surface area contributed by atoms with Gasteiger partial charge in [-0.1, -0.05) is 0 Å². The number of aromatic nitrogens is 3. The van der Waals surface area contributed by atoms with Gasteiger partial charge in [-0.15, -0.1) is 0 Å². The Morgan fingerprint density at radius 1 is 1.12 bits per heavy atom. The number of rotatable bonds is 5. The first kappa shape index (κ1) is 22.6. The summed E-state index contributed by atoms with van der Waals surface area (Å²) >= 11 is 0. The summed E-state index contributed by atoms with van der Waals surface area (Å²) in [5, 5.41) is 6.71. The predicted molar refractivity (Wildman–Crippen MR) is 119 cm³/mol. The van der Waals surface area contributed by atoms with E-state index in [1.807, 2.05) is 11.0 Å². The van der Waals surface area contributed by atoms with Crippen LogP contribution in [0.15, 0.2) is 35.1 Å². The number of fused-ring (bicyclic) bond motifs is 3. The molecule has 2 saturated heterocycles. The summed E-state index contributed by atoms with van der Waals surface area (Å²) in [6, 6.07) is 3.44. The highest BCUT2D eigenvalue weighted by atomic mass is 19.4. The molecule has 0 aromatic carbocycles. The summed E-state index contributed by atoms with van der Waals surface area (Å²) in [5.41, 5.74) is 1.46. The van der Waals surface area contributed by atoms with Crippen LogP contribution in [-0.2, 0) is 0 Å². The number of halogens is 3. The van der Waals surface area contributed by atoms with Gasteiger partial charge in [0.15, 0.2) is 11.7 Å². The molecule has 2 fully saturated rings. The third-order valence-electron chi connectivity index (χ3n) is 6.52. The fourth-order valence-corrected chi connectivity index (χ4v) is 5.00. The fourth-order valence-electron chi connectivity index (χ4n) is 5.00. The zero-order valence-electron chi connectivity index (χ0n) is 18.6. The number of hydrogen-bond donors (Lipinski definition) is 2. The summed E-state index contributed by atoms with van der Waals surface area (Å²) < 4.78 is 42.9. The predicted octanol–water partition coefficient (Wildman–Crippen LogP) is 4.66. The number of urea groups is 1. The molecule has 3 aromatic rings. The van der Waals surface area contributed by atoms with Gasteiger partial charge < -0.3 is 14.6 Å².